The predicted molar refractivity (Wildman–Crippen MR) is 18.9 cm³/mol. The van der Waals surface area contributed by atoms with Crippen LogP contribution in [0, 0.1) is 0 Å². The van der Waals surface area contributed by atoms with Gasteiger partial charge in [-0.1, -0.05) is 0 Å². The Morgan fingerprint density at radius 1 is 1.00 bits per heavy atom. The zero-order valence-electron chi connectivity index (χ0n) is 3.92. The van der Waals surface area contributed by atoms with Crippen LogP contribution in [0.15, 0.2) is 0 Å². The largest absolute Gasteiger partial charge is 0.473 e. The summed E-state index contributed by atoms with van der Waals surface area (Å²) in [4.78, 5) is 18.2. The second kappa shape index (κ2) is 6.52. The number of rotatable bonds is 0. The van der Waals surface area contributed by atoms with Gasteiger partial charge in [0.15, 0.2) is 0 Å². The van der Waals surface area contributed by atoms with Crippen molar-refractivity contribution in [1.29, 1.82) is 0 Å². The number of aliphatic carboxylic acids is 2. The molecular formula is C2H4O5Zn. The Kier molecular flexibility index (Phi) is 12.8. The van der Waals surface area contributed by atoms with Crippen molar-refractivity contribution in [2.75, 3.05) is 0 Å². The minimum Gasteiger partial charge on any atom is -0.473 e. The van der Waals surface area contributed by atoms with Crippen LogP contribution in [-0.2, 0) is 29.1 Å². The summed E-state index contributed by atoms with van der Waals surface area (Å²) < 4.78 is 0. The van der Waals surface area contributed by atoms with E-state index < -0.39 is 11.9 Å². The van der Waals surface area contributed by atoms with Gasteiger partial charge in [-0.2, -0.15) is 0 Å². The first kappa shape index (κ1) is 15.6. The summed E-state index contributed by atoms with van der Waals surface area (Å²) >= 11 is 0. The topological polar surface area (TPSA) is 106 Å². The average Bonchev–Trinajstić information content (AvgIpc) is 1.36. The molecule has 0 saturated heterocycles. The number of carbonyl (C=O) groups is 2. The van der Waals surface area contributed by atoms with Crippen LogP contribution in [0.25, 0.3) is 0 Å². The Hall–Kier alpha value is -0.477. The number of hydrogen-bond acceptors (Lipinski definition) is 2. The van der Waals surface area contributed by atoms with Crippen LogP contribution in [0.1, 0.15) is 0 Å². The Bertz CT molecular complexity index is 76.4. The van der Waals surface area contributed by atoms with Crippen molar-refractivity contribution >= 4 is 11.9 Å². The van der Waals surface area contributed by atoms with E-state index in [9.17, 15) is 0 Å². The third-order valence-electron chi connectivity index (χ3n) is 0.183. The second-order valence-electron chi connectivity index (χ2n) is 0.610. The summed E-state index contributed by atoms with van der Waals surface area (Å²) in [6.45, 7) is 0. The molecule has 0 aromatic carbocycles. The molecule has 0 aliphatic rings. The fourth-order valence-corrected chi connectivity index (χ4v) is 0. The van der Waals surface area contributed by atoms with Crippen molar-refractivity contribution in [3.8, 4) is 0 Å². The molecule has 0 heterocycles. The molecule has 0 aromatic heterocycles. The molecule has 0 saturated carbocycles. The molecule has 8 heavy (non-hydrogen) atoms. The van der Waals surface area contributed by atoms with E-state index in [1.54, 1.807) is 0 Å². The van der Waals surface area contributed by atoms with Gasteiger partial charge in [0.1, 0.15) is 0 Å². The van der Waals surface area contributed by atoms with E-state index in [0.29, 0.717) is 0 Å². The number of carboxylic acids is 2. The fraction of sp³-hybridized carbons (Fsp3) is 0. The Morgan fingerprint density at radius 3 is 1.12 bits per heavy atom. The first-order valence-corrected chi connectivity index (χ1v) is 1.11. The van der Waals surface area contributed by atoms with Crippen molar-refractivity contribution in [2.24, 2.45) is 0 Å². The normalized spacial score (nSPS) is 5.50. The third-order valence-corrected chi connectivity index (χ3v) is 0.183. The van der Waals surface area contributed by atoms with E-state index >= 15 is 0 Å². The van der Waals surface area contributed by atoms with Crippen LogP contribution < -0.4 is 0 Å². The molecule has 6 heteroatoms. The van der Waals surface area contributed by atoms with Crippen molar-refractivity contribution in [3.05, 3.63) is 0 Å². The van der Waals surface area contributed by atoms with Crippen LogP contribution in [0.4, 0.5) is 0 Å². The van der Waals surface area contributed by atoms with Crippen molar-refractivity contribution < 1.29 is 44.8 Å². The average molecular weight is 173 g/mol. The molecule has 0 aromatic rings. The first-order chi connectivity index (χ1) is 2.64. The monoisotopic (exact) mass is 172 g/mol. The molecule has 0 rings (SSSR count). The maximum Gasteiger partial charge on any atom is 0.414 e. The molecule has 0 atom stereocenters. The standard InChI is InChI=1S/C2H2O4.H2O.Zn/c3-1(4)2(5)6;;/h(H,3,4)(H,5,6);1H2;. The zero-order valence-corrected chi connectivity index (χ0v) is 6.89. The van der Waals surface area contributed by atoms with Gasteiger partial charge in [-0.25, -0.2) is 9.59 Å². The molecule has 4 N–H and O–H groups in total. The minimum atomic E-state index is -1.82. The van der Waals surface area contributed by atoms with Gasteiger partial charge < -0.3 is 15.7 Å². The summed E-state index contributed by atoms with van der Waals surface area (Å²) in [6.07, 6.45) is 0. The quantitative estimate of drug-likeness (QED) is 0.337. The van der Waals surface area contributed by atoms with Crippen LogP contribution in [0.5, 0.6) is 0 Å². The van der Waals surface area contributed by atoms with E-state index in [1.165, 1.54) is 0 Å². The zero-order chi connectivity index (χ0) is 5.15. The van der Waals surface area contributed by atoms with Gasteiger partial charge in [-0.05, 0) is 0 Å². The molecule has 0 aliphatic carbocycles. The van der Waals surface area contributed by atoms with E-state index in [-0.39, 0.29) is 25.0 Å². The Morgan fingerprint density at radius 2 is 1.12 bits per heavy atom. The Labute approximate surface area is 57.4 Å². The molecule has 0 spiro atoms. The first-order valence-electron chi connectivity index (χ1n) is 1.11. The van der Waals surface area contributed by atoms with Gasteiger partial charge in [0.05, 0.1) is 0 Å². The SMILES string of the molecule is O.O=C(O)C(=O)O.[Zn]. The molecule has 0 aliphatic heterocycles. The fourth-order valence-electron chi connectivity index (χ4n) is 0. The third kappa shape index (κ3) is 9.10. The van der Waals surface area contributed by atoms with Crippen molar-refractivity contribution in [2.45, 2.75) is 0 Å². The van der Waals surface area contributed by atoms with Crippen molar-refractivity contribution in [1.82, 2.24) is 0 Å². The molecule has 0 amide bonds. The van der Waals surface area contributed by atoms with E-state index in [4.69, 9.17) is 19.8 Å². The number of hydrogen-bond donors (Lipinski definition) is 2. The van der Waals surface area contributed by atoms with Crippen LogP contribution in [0.2, 0.25) is 0 Å². The van der Waals surface area contributed by atoms with Crippen LogP contribution >= 0.6 is 0 Å². The summed E-state index contributed by atoms with van der Waals surface area (Å²) in [5.41, 5.74) is 0. The summed E-state index contributed by atoms with van der Waals surface area (Å²) in [5.74, 6) is -3.65. The predicted octanol–water partition coefficient (Wildman–Crippen LogP) is -1.67. The molecular weight excluding hydrogens is 169 g/mol. The van der Waals surface area contributed by atoms with Crippen molar-refractivity contribution in [3.63, 3.8) is 0 Å². The van der Waals surface area contributed by atoms with E-state index in [2.05, 4.69) is 0 Å². The van der Waals surface area contributed by atoms with Gasteiger partial charge in [-0.15, -0.1) is 0 Å². The smallest absolute Gasteiger partial charge is 0.414 e. The van der Waals surface area contributed by atoms with Gasteiger partial charge >= 0.3 is 11.9 Å². The van der Waals surface area contributed by atoms with Gasteiger partial charge in [-0.3, -0.25) is 0 Å². The molecule has 0 fully saturated rings. The molecule has 0 radical (unpaired) electrons. The van der Waals surface area contributed by atoms with E-state index in [1.807, 2.05) is 0 Å². The summed E-state index contributed by atoms with van der Waals surface area (Å²) in [7, 11) is 0. The van der Waals surface area contributed by atoms with Gasteiger partial charge in [0, 0.05) is 19.5 Å². The van der Waals surface area contributed by atoms with E-state index in [0.717, 1.165) is 0 Å². The maximum atomic E-state index is 9.10. The Balaban J connectivity index is -0.000000125. The van der Waals surface area contributed by atoms with Crippen LogP contribution in [-0.4, -0.2) is 27.6 Å². The molecule has 5 nitrogen and oxygen atoms in total. The number of carboxylic acid groups (broad SMARTS) is 2. The van der Waals surface area contributed by atoms with Gasteiger partial charge in [0.25, 0.3) is 0 Å². The summed E-state index contributed by atoms with van der Waals surface area (Å²) in [6, 6.07) is 0. The molecule has 0 bridgehead atoms. The minimum absolute atomic E-state index is 0. The van der Waals surface area contributed by atoms with Gasteiger partial charge in [0.2, 0.25) is 0 Å². The maximum absolute atomic E-state index is 9.10. The summed E-state index contributed by atoms with van der Waals surface area (Å²) in [5, 5.41) is 14.8. The molecule has 0 unspecified atom stereocenters. The second-order valence-corrected chi connectivity index (χ2v) is 0.610. The molecule has 44 valence electrons. The van der Waals surface area contributed by atoms with Crippen LogP contribution in [0.3, 0.4) is 0 Å².